The summed E-state index contributed by atoms with van der Waals surface area (Å²) >= 11 is 0. The summed E-state index contributed by atoms with van der Waals surface area (Å²) in [5, 5.41) is 6.37. The number of nitrogens with zero attached hydrogens (tertiary/aromatic N) is 2. The summed E-state index contributed by atoms with van der Waals surface area (Å²) < 4.78 is 10.5. The minimum absolute atomic E-state index is 0.0681. The van der Waals surface area contributed by atoms with Crippen molar-refractivity contribution in [1.29, 1.82) is 0 Å². The van der Waals surface area contributed by atoms with Gasteiger partial charge in [-0.3, -0.25) is 0 Å². The van der Waals surface area contributed by atoms with Crippen LogP contribution >= 0.6 is 0 Å². The van der Waals surface area contributed by atoms with Crippen molar-refractivity contribution in [2.75, 3.05) is 17.7 Å². The average molecular weight is 378 g/mol. The van der Waals surface area contributed by atoms with Gasteiger partial charge in [-0.25, -0.2) is 9.78 Å². The van der Waals surface area contributed by atoms with E-state index in [0.717, 1.165) is 17.1 Å². The van der Waals surface area contributed by atoms with Crippen LogP contribution in [-0.2, 0) is 4.74 Å². The van der Waals surface area contributed by atoms with Crippen molar-refractivity contribution in [3.8, 4) is 5.75 Å². The molecule has 0 amide bonds. The van der Waals surface area contributed by atoms with Gasteiger partial charge in [-0.1, -0.05) is 12.1 Å². The molecule has 28 heavy (non-hydrogen) atoms. The Morgan fingerprint density at radius 3 is 2.46 bits per heavy atom. The van der Waals surface area contributed by atoms with Crippen molar-refractivity contribution in [2.24, 2.45) is 0 Å². The Morgan fingerprint density at radius 1 is 1.00 bits per heavy atom. The van der Waals surface area contributed by atoms with Crippen LogP contribution in [0.1, 0.15) is 24.2 Å². The lowest BCUT2D eigenvalue weighted by Crippen LogP contribution is -2.08. The van der Waals surface area contributed by atoms with Gasteiger partial charge in [-0.05, 0) is 56.3 Å². The van der Waals surface area contributed by atoms with Crippen molar-refractivity contribution >= 4 is 29.1 Å². The Bertz CT molecular complexity index is 942. The highest BCUT2D eigenvalue weighted by Crippen LogP contribution is 2.28. The maximum Gasteiger partial charge on any atom is 0.337 e. The summed E-state index contributed by atoms with van der Waals surface area (Å²) in [6.07, 6.45) is 1.73. The third-order valence-electron chi connectivity index (χ3n) is 3.73. The summed E-state index contributed by atoms with van der Waals surface area (Å²) in [5.74, 6) is 1.43. The van der Waals surface area contributed by atoms with Gasteiger partial charge >= 0.3 is 5.97 Å². The Labute approximate surface area is 163 Å². The number of methoxy groups -OCH3 is 1. The molecule has 0 atom stereocenters. The zero-order valence-electron chi connectivity index (χ0n) is 16.0. The topological polar surface area (TPSA) is 85.4 Å². The molecule has 3 rings (SSSR count). The van der Waals surface area contributed by atoms with E-state index in [2.05, 4.69) is 20.6 Å². The van der Waals surface area contributed by atoms with E-state index < -0.39 is 0 Å². The lowest BCUT2D eigenvalue weighted by atomic mass is 10.2. The van der Waals surface area contributed by atoms with Gasteiger partial charge in [0, 0.05) is 11.9 Å². The van der Waals surface area contributed by atoms with Gasteiger partial charge in [0.15, 0.2) is 0 Å². The number of carbonyl (C=O) groups excluding carboxylic acids is 1. The number of hydrogen-bond acceptors (Lipinski definition) is 7. The van der Waals surface area contributed by atoms with Gasteiger partial charge < -0.3 is 20.1 Å². The van der Waals surface area contributed by atoms with Crippen LogP contribution in [0.5, 0.6) is 5.75 Å². The lowest BCUT2D eigenvalue weighted by Gasteiger charge is -2.15. The quantitative estimate of drug-likeness (QED) is 0.584. The van der Waals surface area contributed by atoms with Crippen LogP contribution in [0.25, 0.3) is 0 Å². The molecule has 7 nitrogen and oxygen atoms in total. The summed E-state index contributed by atoms with van der Waals surface area (Å²) in [6, 6.07) is 16.3. The van der Waals surface area contributed by atoms with E-state index in [4.69, 9.17) is 9.47 Å². The standard InChI is InChI=1S/C21H22N4O3/c1-14(2)28-18-7-5-4-6-17(18)24-19-12-13-22-21(25-19)23-16-10-8-15(9-11-16)20(26)27-3/h4-14H,1-3H3,(H2,22,23,24,25). The molecule has 0 unspecified atom stereocenters. The number of rotatable bonds is 7. The normalized spacial score (nSPS) is 10.4. The highest BCUT2D eigenvalue weighted by Gasteiger charge is 2.08. The number of para-hydroxylation sites is 2. The fourth-order valence-corrected chi connectivity index (χ4v) is 2.49. The van der Waals surface area contributed by atoms with Gasteiger partial charge in [0.1, 0.15) is 11.6 Å². The minimum atomic E-state index is -0.378. The fourth-order valence-electron chi connectivity index (χ4n) is 2.49. The summed E-state index contributed by atoms with van der Waals surface area (Å²) in [5.41, 5.74) is 2.06. The van der Waals surface area contributed by atoms with Gasteiger partial charge in [-0.15, -0.1) is 0 Å². The summed E-state index contributed by atoms with van der Waals surface area (Å²) in [6.45, 7) is 3.96. The molecular formula is C21H22N4O3. The van der Waals surface area contributed by atoms with Gasteiger partial charge in [0.05, 0.1) is 24.5 Å². The molecule has 7 heteroatoms. The number of esters is 1. The van der Waals surface area contributed by atoms with Crippen molar-refractivity contribution < 1.29 is 14.3 Å². The first-order valence-corrected chi connectivity index (χ1v) is 8.86. The SMILES string of the molecule is COC(=O)c1ccc(Nc2nccc(Nc3ccccc3OC(C)C)n2)cc1. The molecule has 3 aromatic rings. The second-order valence-electron chi connectivity index (χ2n) is 6.25. The molecule has 0 aliphatic heterocycles. The maximum absolute atomic E-state index is 11.5. The van der Waals surface area contributed by atoms with E-state index in [-0.39, 0.29) is 12.1 Å². The summed E-state index contributed by atoms with van der Waals surface area (Å²) in [7, 11) is 1.35. The van der Waals surface area contributed by atoms with Crippen LogP contribution in [0.4, 0.5) is 23.1 Å². The van der Waals surface area contributed by atoms with Crippen LogP contribution in [0, 0.1) is 0 Å². The Morgan fingerprint density at radius 2 is 1.75 bits per heavy atom. The molecule has 0 bridgehead atoms. The first kappa shape index (κ1) is 19.2. The van der Waals surface area contributed by atoms with Crippen molar-refractivity contribution in [3.05, 3.63) is 66.4 Å². The highest BCUT2D eigenvalue weighted by atomic mass is 16.5. The molecule has 144 valence electrons. The number of benzene rings is 2. The van der Waals surface area contributed by atoms with E-state index >= 15 is 0 Å². The van der Waals surface area contributed by atoms with E-state index in [1.54, 1.807) is 36.5 Å². The molecule has 0 saturated heterocycles. The molecule has 1 aromatic heterocycles. The number of aromatic nitrogens is 2. The zero-order valence-corrected chi connectivity index (χ0v) is 16.0. The molecule has 1 heterocycles. The zero-order chi connectivity index (χ0) is 19.9. The largest absolute Gasteiger partial charge is 0.489 e. The first-order chi connectivity index (χ1) is 13.5. The van der Waals surface area contributed by atoms with Crippen LogP contribution in [-0.4, -0.2) is 29.2 Å². The van der Waals surface area contributed by atoms with E-state index in [0.29, 0.717) is 17.3 Å². The predicted molar refractivity (Wildman–Crippen MR) is 109 cm³/mol. The first-order valence-electron chi connectivity index (χ1n) is 8.86. The Balaban J connectivity index is 1.74. The Hall–Kier alpha value is -3.61. The average Bonchev–Trinajstić information content (AvgIpc) is 2.69. The number of anilines is 4. The van der Waals surface area contributed by atoms with Crippen LogP contribution in [0.2, 0.25) is 0 Å². The minimum Gasteiger partial charge on any atom is -0.489 e. The predicted octanol–water partition coefficient (Wildman–Crippen LogP) is 4.54. The van der Waals surface area contributed by atoms with E-state index in [9.17, 15) is 4.79 Å². The lowest BCUT2D eigenvalue weighted by molar-refractivity contribution is 0.0601. The molecule has 2 N–H and O–H groups in total. The molecule has 0 aliphatic carbocycles. The third-order valence-corrected chi connectivity index (χ3v) is 3.73. The number of hydrogen-bond donors (Lipinski definition) is 2. The molecule has 0 radical (unpaired) electrons. The van der Waals surface area contributed by atoms with Crippen LogP contribution in [0.3, 0.4) is 0 Å². The highest BCUT2D eigenvalue weighted by molar-refractivity contribution is 5.89. The van der Waals surface area contributed by atoms with Crippen molar-refractivity contribution in [1.82, 2.24) is 9.97 Å². The number of carbonyl (C=O) groups is 1. The number of ether oxygens (including phenoxy) is 2. The second-order valence-corrected chi connectivity index (χ2v) is 6.25. The molecule has 0 saturated carbocycles. The number of nitrogens with one attached hydrogen (secondary N) is 2. The van der Waals surface area contributed by atoms with Gasteiger partial charge in [-0.2, -0.15) is 4.98 Å². The Kier molecular flexibility index (Phi) is 6.06. The van der Waals surface area contributed by atoms with Crippen LogP contribution in [0.15, 0.2) is 60.8 Å². The molecule has 0 aliphatic rings. The van der Waals surface area contributed by atoms with E-state index in [1.807, 2.05) is 38.1 Å². The van der Waals surface area contributed by atoms with Gasteiger partial charge in [0.2, 0.25) is 5.95 Å². The summed E-state index contributed by atoms with van der Waals surface area (Å²) in [4.78, 5) is 20.2. The van der Waals surface area contributed by atoms with Gasteiger partial charge in [0.25, 0.3) is 0 Å². The monoisotopic (exact) mass is 378 g/mol. The molecule has 2 aromatic carbocycles. The van der Waals surface area contributed by atoms with Crippen molar-refractivity contribution in [3.63, 3.8) is 0 Å². The fraction of sp³-hybridized carbons (Fsp3) is 0.190. The van der Waals surface area contributed by atoms with Crippen molar-refractivity contribution in [2.45, 2.75) is 20.0 Å². The third kappa shape index (κ3) is 4.97. The van der Waals surface area contributed by atoms with Crippen LogP contribution < -0.4 is 15.4 Å². The maximum atomic E-state index is 11.5. The smallest absolute Gasteiger partial charge is 0.337 e. The second kappa shape index (κ2) is 8.85. The molecule has 0 spiro atoms. The molecular weight excluding hydrogens is 356 g/mol. The molecule has 0 fully saturated rings. The van der Waals surface area contributed by atoms with E-state index in [1.165, 1.54) is 7.11 Å².